The molecule has 2 rings (SSSR count). The zero-order valence-corrected chi connectivity index (χ0v) is 14.3. The van der Waals surface area contributed by atoms with Crippen LogP contribution in [0.2, 0.25) is 0 Å². The molecule has 1 heterocycles. The first-order valence-corrected chi connectivity index (χ1v) is 8.82. The summed E-state index contributed by atoms with van der Waals surface area (Å²) in [6.07, 6.45) is 1.25. The van der Waals surface area contributed by atoms with E-state index in [1.807, 2.05) is 13.8 Å². The SMILES string of the molecule is C[C@H](S[C@@H](C)c1ccccc1F)C(=O)N1CCC(C(N)=O)CC1. The molecule has 4 nitrogen and oxygen atoms in total. The first kappa shape index (κ1) is 17.8. The number of halogens is 1. The largest absolute Gasteiger partial charge is 0.369 e. The Labute approximate surface area is 140 Å². The van der Waals surface area contributed by atoms with Crippen molar-refractivity contribution in [1.82, 2.24) is 4.90 Å². The van der Waals surface area contributed by atoms with E-state index in [0.29, 0.717) is 31.5 Å². The lowest BCUT2D eigenvalue weighted by Gasteiger charge is -2.32. The molecule has 2 amide bonds. The summed E-state index contributed by atoms with van der Waals surface area (Å²) >= 11 is 1.45. The lowest BCUT2D eigenvalue weighted by atomic mass is 9.96. The molecule has 0 aliphatic carbocycles. The normalized spacial score (nSPS) is 18.5. The maximum atomic E-state index is 13.8. The number of carbonyl (C=O) groups excluding carboxylic acids is 2. The summed E-state index contributed by atoms with van der Waals surface area (Å²) in [5, 5.41) is -0.354. The predicted octanol–water partition coefficient (Wildman–Crippen LogP) is 2.73. The van der Waals surface area contributed by atoms with Gasteiger partial charge in [0.2, 0.25) is 11.8 Å². The molecule has 0 saturated carbocycles. The van der Waals surface area contributed by atoms with Crippen LogP contribution in [0, 0.1) is 11.7 Å². The van der Waals surface area contributed by atoms with Gasteiger partial charge in [0.15, 0.2) is 0 Å². The van der Waals surface area contributed by atoms with E-state index in [-0.39, 0.29) is 34.0 Å². The van der Waals surface area contributed by atoms with E-state index < -0.39 is 0 Å². The molecule has 1 fully saturated rings. The molecule has 0 unspecified atom stereocenters. The highest BCUT2D eigenvalue weighted by molar-refractivity contribution is 8.00. The molecule has 2 atom stereocenters. The molecule has 1 aliphatic heterocycles. The third-order valence-electron chi connectivity index (χ3n) is 4.31. The van der Waals surface area contributed by atoms with Gasteiger partial charge in [0.25, 0.3) is 0 Å². The average Bonchev–Trinajstić information content (AvgIpc) is 2.54. The number of thioether (sulfide) groups is 1. The smallest absolute Gasteiger partial charge is 0.235 e. The van der Waals surface area contributed by atoms with Crippen molar-refractivity contribution in [3.8, 4) is 0 Å². The Bertz CT molecular complexity index is 573. The van der Waals surface area contributed by atoms with Gasteiger partial charge in [-0.2, -0.15) is 0 Å². The van der Waals surface area contributed by atoms with Crippen molar-refractivity contribution in [2.45, 2.75) is 37.2 Å². The minimum absolute atomic E-state index is 0.0427. The van der Waals surface area contributed by atoms with E-state index in [2.05, 4.69) is 0 Å². The number of hydrogen-bond acceptors (Lipinski definition) is 3. The predicted molar refractivity (Wildman–Crippen MR) is 90.4 cm³/mol. The van der Waals surface area contributed by atoms with Crippen molar-refractivity contribution >= 4 is 23.6 Å². The first-order chi connectivity index (χ1) is 10.9. The Balaban J connectivity index is 1.90. The molecule has 0 spiro atoms. The number of nitrogens with zero attached hydrogens (tertiary/aromatic N) is 1. The highest BCUT2D eigenvalue weighted by atomic mass is 32.2. The van der Waals surface area contributed by atoms with Gasteiger partial charge in [-0.25, -0.2) is 4.39 Å². The maximum absolute atomic E-state index is 13.8. The Hall–Kier alpha value is -1.56. The van der Waals surface area contributed by atoms with Gasteiger partial charge < -0.3 is 10.6 Å². The van der Waals surface area contributed by atoms with Crippen molar-refractivity contribution in [1.29, 1.82) is 0 Å². The molecule has 0 radical (unpaired) electrons. The van der Waals surface area contributed by atoms with E-state index in [1.165, 1.54) is 17.8 Å². The van der Waals surface area contributed by atoms with Crippen LogP contribution in [0.1, 0.15) is 37.5 Å². The zero-order chi connectivity index (χ0) is 17.0. The molecule has 1 aliphatic rings. The van der Waals surface area contributed by atoms with Crippen molar-refractivity contribution in [3.05, 3.63) is 35.6 Å². The fraction of sp³-hybridized carbons (Fsp3) is 0.529. The van der Waals surface area contributed by atoms with Crippen LogP contribution in [0.15, 0.2) is 24.3 Å². The van der Waals surface area contributed by atoms with Crippen LogP contribution in [-0.2, 0) is 9.59 Å². The van der Waals surface area contributed by atoms with Gasteiger partial charge >= 0.3 is 0 Å². The standard InChI is InChI=1S/C17H23FN2O2S/c1-11(14-5-3-4-6-15(14)18)23-12(2)17(22)20-9-7-13(8-10-20)16(19)21/h3-6,11-13H,7-10H2,1-2H3,(H2,19,21)/t11-,12-/m0/s1. The van der Waals surface area contributed by atoms with Gasteiger partial charge in [-0.3, -0.25) is 9.59 Å². The van der Waals surface area contributed by atoms with Gasteiger partial charge in [0.1, 0.15) is 5.82 Å². The van der Waals surface area contributed by atoms with E-state index in [1.54, 1.807) is 23.1 Å². The average molecular weight is 338 g/mol. The van der Waals surface area contributed by atoms with Crippen LogP contribution in [-0.4, -0.2) is 35.1 Å². The van der Waals surface area contributed by atoms with Crippen molar-refractivity contribution in [2.75, 3.05) is 13.1 Å². The molecule has 2 N–H and O–H groups in total. The van der Waals surface area contributed by atoms with Crippen molar-refractivity contribution in [3.63, 3.8) is 0 Å². The Morgan fingerprint density at radius 1 is 1.26 bits per heavy atom. The fourth-order valence-electron chi connectivity index (χ4n) is 2.88. The Morgan fingerprint density at radius 3 is 2.43 bits per heavy atom. The topological polar surface area (TPSA) is 63.4 Å². The number of likely N-dealkylation sites (tertiary alicyclic amines) is 1. The van der Waals surface area contributed by atoms with Gasteiger partial charge in [0.05, 0.1) is 5.25 Å². The lowest BCUT2D eigenvalue weighted by Crippen LogP contribution is -2.44. The summed E-state index contributed by atoms with van der Waals surface area (Å²) in [5.74, 6) is -0.609. The molecule has 0 aromatic heterocycles. The van der Waals surface area contributed by atoms with Crippen LogP contribution in [0.5, 0.6) is 0 Å². The summed E-state index contributed by atoms with van der Waals surface area (Å²) in [6, 6.07) is 6.65. The highest BCUT2D eigenvalue weighted by Crippen LogP contribution is 2.34. The van der Waals surface area contributed by atoms with Gasteiger partial charge in [-0.15, -0.1) is 11.8 Å². The zero-order valence-electron chi connectivity index (χ0n) is 13.5. The van der Waals surface area contributed by atoms with Gasteiger partial charge in [0, 0.05) is 29.8 Å². The van der Waals surface area contributed by atoms with E-state index in [4.69, 9.17) is 5.73 Å². The van der Waals surface area contributed by atoms with Gasteiger partial charge in [-0.1, -0.05) is 18.2 Å². The van der Waals surface area contributed by atoms with E-state index in [0.717, 1.165) is 0 Å². The number of carbonyl (C=O) groups is 2. The highest BCUT2D eigenvalue weighted by Gasteiger charge is 2.29. The van der Waals surface area contributed by atoms with Crippen LogP contribution >= 0.6 is 11.8 Å². The quantitative estimate of drug-likeness (QED) is 0.898. The van der Waals surface area contributed by atoms with Crippen LogP contribution in [0.4, 0.5) is 4.39 Å². The maximum Gasteiger partial charge on any atom is 0.235 e. The molecule has 1 aromatic carbocycles. The molecular formula is C17H23FN2O2S. The summed E-state index contributed by atoms with van der Waals surface area (Å²) in [6.45, 7) is 4.88. The Kier molecular flexibility index (Phi) is 6.04. The number of piperidine rings is 1. The lowest BCUT2D eigenvalue weighted by molar-refractivity contribution is -0.134. The molecule has 126 valence electrons. The molecule has 23 heavy (non-hydrogen) atoms. The first-order valence-electron chi connectivity index (χ1n) is 7.88. The summed E-state index contributed by atoms with van der Waals surface area (Å²) < 4.78 is 13.8. The number of nitrogens with two attached hydrogens (primary N) is 1. The minimum atomic E-state index is -0.285. The fourth-order valence-corrected chi connectivity index (χ4v) is 4.10. The second-order valence-corrected chi connectivity index (χ2v) is 7.63. The Morgan fingerprint density at radius 2 is 1.87 bits per heavy atom. The molecule has 1 saturated heterocycles. The summed E-state index contributed by atoms with van der Waals surface area (Å²) in [4.78, 5) is 25.5. The molecular weight excluding hydrogens is 315 g/mol. The number of benzene rings is 1. The summed E-state index contributed by atoms with van der Waals surface area (Å²) in [5.41, 5.74) is 5.93. The monoisotopic (exact) mass is 338 g/mol. The van der Waals surface area contributed by atoms with E-state index in [9.17, 15) is 14.0 Å². The minimum Gasteiger partial charge on any atom is -0.369 e. The van der Waals surface area contributed by atoms with Crippen molar-refractivity contribution < 1.29 is 14.0 Å². The molecule has 0 bridgehead atoms. The summed E-state index contributed by atoms with van der Waals surface area (Å²) in [7, 11) is 0. The number of amides is 2. The van der Waals surface area contributed by atoms with Crippen molar-refractivity contribution in [2.24, 2.45) is 11.7 Å². The number of hydrogen-bond donors (Lipinski definition) is 1. The van der Waals surface area contributed by atoms with Crippen LogP contribution in [0.25, 0.3) is 0 Å². The third-order valence-corrected chi connectivity index (χ3v) is 5.58. The molecule has 6 heteroatoms. The second-order valence-electron chi connectivity index (χ2n) is 5.94. The molecule has 1 aromatic rings. The van der Waals surface area contributed by atoms with E-state index >= 15 is 0 Å². The second kappa shape index (κ2) is 7.81. The van der Waals surface area contributed by atoms with Crippen LogP contribution in [0.3, 0.4) is 0 Å². The third kappa shape index (κ3) is 4.47. The van der Waals surface area contributed by atoms with Gasteiger partial charge in [-0.05, 0) is 32.8 Å². The van der Waals surface area contributed by atoms with Crippen LogP contribution < -0.4 is 5.73 Å². The number of primary amides is 1. The number of rotatable bonds is 5.